The van der Waals surface area contributed by atoms with Crippen LogP contribution in [0.15, 0.2) is 42.6 Å². The van der Waals surface area contributed by atoms with Gasteiger partial charge in [-0.3, -0.25) is 0 Å². The number of carboxylic acids is 1. The molecular formula is C16H15N3O2. The van der Waals surface area contributed by atoms with Crippen LogP contribution in [0, 0.1) is 18.3 Å². The topological polar surface area (TPSA) is 77.2 Å². The molecule has 1 aromatic heterocycles. The molecule has 0 aliphatic carbocycles. The Kier molecular flexibility index (Phi) is 4.52. The van der Waals surface area contributed by atoms with E-state index in [4.69, 9.17) is 10.4 Å². The van der Waals surface area contributed by atoms with Gasteiger partial charge in [-0.15, -0.1) is 0 Å². The first-order chi connectivity index (χ1) is 10.1. The summed E-state index contributed by atoms with van der Waals surface area (Å²) in [5.74, 6) is -0.332. The summed E-state index contributed by atoms with van der Waals surface area (Å²) in [6.07, 6.45) is 1.70. The van der Waals surface area contributed by atoms with Crippen LogP contribution in [-0.4, -0.2) is 22.6 Å². The number of hydrogen-bond donors (Lipinski definition) is 1. The monoisotopic (exact) mass is 281 g/mol. The zero-order valence-corrected chi connectivity index (χ0v) is 11.7. The summed E-state index contributed by atoms with van der Waals surface area (Å²) in [5, 5.41) is 17.8. The Morgan fingerprint density at radius 1 is 1.38 bits per heavy atom. The van der Waals surface area contributed by atoms with E-state index in [2.05, 4.69) is 11.1 Å². The third kappa shape index (κ3) is 3.37. The Morgan fingerprint density at radius 2 is 2.10 bits per heavy atom. The number of nitrogens with zero attached hydrogens (tertiary/aromatic N) is 3. The van der Waals surface area contributed by atoms with Crippen LogP contribution < -0.4 is 4.90 Å². The van der Waals surface area contributed by atoms with E-state index in [1.54, 1.807) is 6.07 Å². The van der Waals surface area contributed by atoms with E-state index in [1.165, 1.54) is 6.20 Å². The number of pyridine rings is 1. The first-order valence-electron chi connectivity index (χ1n) is 6.53. The number of para-hydroxylation sites is 1. The molecule has 106 valence electrons. The Balaban J connectivity index is 2.42. The van der Waals surface area contributed by atoms with Crippen LogP contribution in [0.5, 0.6) is 0 Å². The number of rotatable bonds is 5. The van der Waals surface area contributed by atoms with Crippen LogP contribution in [-0.2, 0) is 0 Å². The van der Waals surface area contributed by atoms with Crippen molar-refractivity contribution in [1.29, 1.82) is 5.26 Å². The fourth-order valence-electron chi connectivity index (χ4n) is 2.09. The van der Waals surface area contributed by atoms with Gasteiger partial charge < -0.3 is 10.0 Å². The highest BCUT2D eigenvalue weighted by Gasteiger charge is 2.14. The number of aryl methyl sites for hydroxylation is 1. The number of aromatic nitrogens is 1. The van der Waals surface area contributed by atoms with Gasteiger partial charge in [0.25, 0.3) is 0 Å². The molecular weight excluding hydrogens is 266 g/mol. The van der Waals surface area contributed by atoms with Crippen LogP contribution in [0.3, 0.4) is 0 Å². The van der Waals surface area contributed by atoms with Crippen LogP contribution in [0.4, 0.5) is 11.5 Å². The molecule has 21 heavy (non-hydrogen) atoms. The van der Waals surface area contributed by atoms with Crippen molar-refractivity contribution in [3.05, 3.63) is 53.7 Å². The van der Waals surface area contributed by atoms with Gasteiger partial charge in [0, 0.05) is 18.4 Å². The summed E-state index contributed by atoms with van der Waals surface area (Å²) in [7, 11) is 0. The van der Waals surface area contributed by atoms with Crippen molar-refractivity contribution >= 4 is 17.5 Å². The van der Waals surface area contributed by atoms with Gasteiger partial charge in [-0.1, -0.05) is 18.2 Å². The van der Waals surface area contributed by atoms with Crippen LogP contribution >= 0.6 is 0 Å². The van der Waals surface area contributed by atoms with Gasteiger partial charge in [-0.25, -0.2) is 9.78 Å². The summed E-state index contributed by atoms with van der Waals surface area (Å²) >= 11 is 0. The molecule has 0 saturated heterocycles. The Hall–Kier alpha value is -2.87. The first kappa shape index (κ1) is 14.5. The van der Waals surface area contributed by atoms with Crippen molar-refractivity contribution in [1.82, 2.24) is 4.98 Å². The van der Waals surface area contributed by atoms with Crippen LogP contribution in [0.1, 0.15) is 22.3 Å². The highest BCUT2D eigenvalue weighted by Crippen LogP contribution is 2.26. The number of carbonyl (C=O) groups is 1. The van der Waals surface area contributed by atoms with Gasteiger partial charge in [0.2, 0.25) is 0 Å². The second-order valence-corrected chi connectivity index (χ2v) is 4.56. The van der Waals surface area contributed by atoms with Crippen LogP contribution in [0.2, 0.25) is 0 Å². The van der Waals surface area contributed by atoms with Crippen molar-refractivity contribution in [2.45, 2.75) is 13.3 Å². The van der Waals surface area contributed by atoms with Crippen molar-refractivity contribution in [2.24, 2.45) is 0 Å². The number of benzene rings is 1. The third-order valence-electron chi connectivity index (χ3n) is 3.07. The van der Waals surface area contributed by atoms with Crippen molar-refractivity contribution in [3.8, 4) is 6.07 Å². The zero-order valence-electron chi connectivity index (χ0n) is 11.7. The molecule has 0 bridgehead atoms. The Labute approximate surface area is 123 Å². The van der Waals surface area contributed by atoms with Crippen molar-refractivity contribution < 1.29 is 9.90 Å². The van der Waals surface area contributed by atoms with Crippen LogP contribution in [0.25, 0.3) is 0 Å². The van der Waals surface area contributed by atoms with Crippen molar-refractivity contribution in [2.75, 3.05) is 11.4 Å². The SMILES string of the molecule is Cc1cc(C(=O)O)cnc1N(CCC#N)c1ccccc1. The third-order valence-corrected chi connectivity index (χ3v) is 3.07. The molecule has 5 nitrogen and oxygen atoms in total. The molecule has 0 atom stereocenters. The van der Waals surface area contributed by atoms with E-state index in [1.807, 2.05) is 42.2 Å². The largest absolute Gasteiger partial charge is 0.478 e. The summed E-state index contributed by atoms with van der Waals surface area (Å²) in [5.41, 5.74) is 1.84. The summed E-state index contributed by atoms with van der Waals surface area (Å²) in [4.78, 5) is 17.2. The van der Waals surface area contributed by atoms with E-state index in [9.17, 15) is 4.79 Å². The molecule has 2 aromatic rings. The van der Waals surface area contributed by atoms with E-state index in [0.717, 1.165) is 11.3 Å². The maximum absolute atomic E-state index is 11.0. The summed E-state index contributed by atoms with van der Waals surface area (Å²) in [6, 6.07) is 13.3. The first-order valence-corrected chi connectivity index (χ1v) is 6.53. The summed E-state index contributed by atoms with van der Waals surface area (Å²) < 4.78 is 0. The molecule has 0 spiro atoms. The molecule has 1 aromatic carbocycles. The number of nitriles is 1. The standard InChI is InChI=1S/C16H15N3O2/c1-12-10-13(16(20)21)11-18-15(12)19(9-5-8-17)14-6-3-2-4-7-14/h2-4,6-7,10-11H,5,9H2,1H3,(H,20,21). The zero-order chi connectivity index (χ0) is 15.2. The van der Waals surface area contributed by atoms with E-state index >= 15 is 0 Å². The lowest BCUT2D eigenvalue weighted by molar-refractivity contribution is 0.0696. The molecule has 1 heterocycles. The van der Waals surface area contributed by atoms with Gasteiger partial charge in [-0.05, 0) is 30.7 Å². The highest BCUT2D eigenvalue weighted by molar-refractivity contribution is 5.88. The Morgan fingerprint density at radius 3 is 2.67 bits per heavy atom. The number of anilines is 2. The predicted octanol–water partition coefficient (Wildman–Crippen LogP) is 3.14. The van der Waals surface area contributed by atoms with E-state index < -0.39 is 5.97 Å². The quantitative estimate of drug-likeness (QED) is 0.911. The van der Waals surface area contributed by atoms with Gasteiger partial charge in [0.15, 0.2) is 0 Å². The molecule has 1 N–H and O–H groups in total. The van der Waals surface area contributed by atoms with Gasteiger partial charge in [-0.2, -0.15) is 5.26 Å². The maximum atomic E-state index is 11.0. The molecule has 0 aliphatic rings. The summed E-state index contributed by atoms with van der Waals surface area (Å²) in [6.45, 7) is 2.32. The maximum Gasteiger partial charge on any atom is 0.337 e. The lowest BCUT2D eigenvalue weighted by Crippen LogP contribution is -2.20. The predicted molar refractivity (Wildman–Crippen MR) is 79.6 cm³/mol. The molecule has 0 unspecified atom stereocenters. The minimum absolute atomic E-state index is 0.157. The van der Waals surface area contributed by atoms with E-state index in [0.29, 0.717) is 18.8 Å². The molecule has 2 rings (SSSR count). The van der Waals surface area contributed by atoms with Crippen molar-refractivity contribution in [3.63, 3.8) is 0 Å². The van der Waals surface area contributed by atoms with Gasteiger partial charge in [0.1, 0.15) is 5.82 Å². The lowest BCUT2D eigenvalue weighted by atomic mass is 10.1. The molecule has 0 amide bonds. The van der Waals surface area contributed by atoms with E-state index in [-0.39, 0.29) is 5.56 Å². The second kappa shape index (κ2) is 6.53. The molecule has 0 radical (unpaired) electrons. The molecule has 0 fully saturated rings. The van der Waals surface area contributed by atoms with Gasteiger partial charge >= 0.3 is 5.97 Å². The molecule has 5 heteroatoms. The fourth-order valence-corrected chi connectivity index (χ4v) is 2.09. The highest BCUT2D eigenvalue weighted by atomic mass is 16.4. The molecule has 0 aliphatic heterocycles. The lowest BCUT2D eigenvalue weighted by Gasteiger charge is -2.24. The average Bonchev–Trinajstić information content (AvgIpc) is 2.50. The average molecular weight is 281 g/mol. The van der Waals surface area contributed by atoms with Gasteiger partial charge in [0.05, 0.1) is 18.1 Å². The number of hydrogen-bond acceptors (Lipinski definition) is 4. The minimum Gasteiger partial charge on any atom is -0.478 e. The fraction of sp³-hybridized carbons (Fsp3) is 0.188. The number of carboxylic acid groups (broad SMARTS) is 1. The minimum atomic E-state index is -1.000. The smallest absolute Gasteiger partial charge is 0.337 e. The second-order valence-electron chi connectivity index (χ2n) is 4.56. The Bertz CT molecular complexity index is 678. The normalized spacial score (nSPS) is 9.90. The number of aromatic carboxylic acids is 1. The molecule has 0 saturated carbocycles.